The summed E-state index contributed by atoms with van der Waals surface area (Å²) >= 11 is 15.0. The normalized spacial score (nSPS) is 11.1. The van der Waals surface area contributed by atoms with Crippen LogP contribution in [0.2, 0.25) is 9.36 Å². The van der Waals surface area contributed by atoms with Crippen molar-refractivity contribution in [3.05, 3.63) is 61.4 Å². The fourth-order valence-corrected chi connectivity index (χ4v) is 4.78. The van der Waals surface area contributed by atoms with Crippen molar-refractivity contribution in [3.63, 3.8) is 0 Å². The number of hydrogen-bond donors (Lipinski definition) is 1. The van der Waals surface area contributed by atoms with Crippen LogP contribution in [0.3, 0.4) is 0 Å². The third kappa shape index (κ3) is 3.41. The Kier molecular flexibility index (Phi) is 4.47. The number of fused-ring (bicyclic) bond motifs is 1. The van der Waals surface area contributed by atoms with Crippen molar-refractivity contribution >= 4 is 67.9 Å². The molecule has 0 unspecified atom stereocenters. The van der Waals surface area contributed by atoms with Gasteiger partial charge in [0.2, 0.25) is 5.89 Å². The Labute approximate surface area is 160 Å². The molecule has 0 aliphatic carbocycles. The second-order valence-corrected chi connectivity index (χ2v) is 8.31. The molecule has 0 bridgehead atoms. The lowest BCUT2D eigenvalue weighted by molar-refractivity contribution is 0.102. The number of carbonyl (C=O) groups is 1. The van der Waals surface area contributed by atoms with Gasteiger partial charge in [0, 0.05) is 15.0 Å². The minimum atomic E-state index is -0.374. The number of nitrogens with zero attached hydrogens (tertiary/aromatic N) is 2. The summed E-state index contributed by atoms with van der Waals surface area (Å²) in [5.41, 5.74) is 0. The van der Waals surface area contributed by atoms with E-state index in [9.17, 15) is 4.79 Å². The van der Waals surface area contributed by atoms with Crippen molar-refractivity contribution in [3.8, 4) is 0 Å². The Morgan fingerprint density at radius 3 is 2.72 bits per heavy atom. The van der Waals surface area contributed by atoms with Gasteiger partial charge in [-0.15, -0.1) is 27.8 Å². The molecule has 0 spiro atoms. The van der Waals surface area contributed by atoms with Crippen molar-refractivity contribution in [2.75, 3.05) is 5.32 Å². The van der Waals surface area contributed by atoms with Gasteiger partial charge in [-0.25, -0.2) is 0 Å². The van der Waals surface area contributed by atoms with Crippen LogP contribution in [0, 0.1) is 0 Å². The van der Waals surface area contributed by atoms with E-state index < -0.39 is 0 Å². The van der Waals surface area contributed by atoms with E-state index in [1.807, 2.05) is 36.4 Å². The number of anilines is 1. The van der Waals surface area contributed by atoms with Crippen LogP contribution in [0.15, 0.2) is 40.8 Å². The van der Waals surface area contributed by atoms with Gasteiger partial charge in [-0.3, -0.25) is 10.1 Å². The van der Waals surface area contributed by atoms with E-state index in [1.54, 1.807) is 0 Å². The summed E-state index contributed by atoms with van der Waals surface area (Å²) in [6.07, 6.45) is 0.462. The molecule has 0 aliphatic heterocycles. The third-order valence-electron chi connectivity index (χ3n) is 3.38. The molecule has 0 fully saturated rings. The molecule has 4 aromatic rings. The average molecular weight is 410 g/mol. The van der Waals surface area contributed by atoms with Gasteiger partial charge >= 0.3 is 6.01 Å². The van der Waals surface area contributed by atoms with Gasteiger partial charge in [0.15, 0.2) is 0 Å². The van der Waals surface area contributed by atoms with Crippen molar-refractivity contribution in [2.45, 2.75) is 6.42 Å². The van der Waals surface area contributed by atoms with Crippen LogP contribution in [-0.4, -0.2) is 16.1 Å². The molecule has 5 nitrogen and oxygen atoms in total. The minimum absolute atomic E-state index is 0.0381. The van der Waals surface area contributed by atoms with E-state index >= 15 is 0 Å². The highest BCUT2D eigenvalue weighted by molar-refractivity contribution is 7.21. The molecule has 3 aromatic heterocycles. The zero-order valence-electron chi connectivity index (χ0n) is 12.5. The fourth-order valence-electron chi connectivity index (χ4n) is 2.29. The van der Waals surface area contributed by atoms with Gasteiger partial charge in [-0.2, -0.15) is 0 Å². The van der Waals surface area contributed by atoms with Crippen molar-refractivity contribution < 1.29 is 9.21 Å². The molecule has 0 saturated carbocycles. The second-order valence-electron chi connectivity index (χ2n) is 5.08. The first-order valence-corrected chi connectivity index (χ1v) is 9.54. The van der Waals surface area contributed by atoms with Crippen LogP contribution in [0.4, 0.5) is 6.01 Å². The zero-order chi connectivity index (χ0) is 17.4. The molecule has 0 aliphatic rings. The standard InChI is InChI=1S/C16H9Cl2N3O2S2/c17-11-6-5-8(24-11)7-12-20-21-16(23-12)19-15(22)14-13(18)9-3-1-2-4-10(9)25-14/h1-6H,7H2,(H,19,21,22). The largest absolute Gasteiger partial charge is 0.407 e. The average Bonchev–Trinajstić information content (AvgIpc) is 3.29. The van der Waals surface area contributed by atoms with E-state index in [0.29, 0.717) is 26.5 Å². The van der Waals surface area contributed by atoms with Crippen LogP contribution in [0.1, 0.15) is 20.4 Å². The number of carbonyl (C=O) groups excluding carboxylic acids is 1. The van der Waals surface area contributed by atoms with Gasteiger partial charge in [-0.05, 0) is 18.2 Å². The summed E-state index contributed by atoms with van der Waals surface area (Å²) in [7, 11) is 0. The molecule has 9 heteroatoms. The number of benzene rings is 1. The SMILES string of the molecule is O=C(Nc1nnc(Cc2ccc(Cl)s2)o1)c1sc2ccccc2c1Cl. The van der Waals surface area contributed by atoms with Crippen molar-refractivity contribution in [2.24, 2.45) is 0 Å². The number of hydrogen-bond acceptors (Lipinski definition) is 6. The lowest BCUT2D eigenvalue weighted by Crippen LogP contribution is -2.10. The van der Waals surface area contributed by atoms with E-state index in [2.05, 4.69) is 15.5 Å². The summed E-state index contributed by atoms with van der Waals surface area (Å²) in [6, 6.07) is 11.3. The number of rotatable bonds is 4. The van der Waals surface area contributed by atoms with Crippen molar-refractivity contribution in [1.29, 1.82) is 0 Å². The van der Waals surface area contributed by atoms with Crippen LogP contribution in [-0.2, 0) is 6.42 Å². The molecule has 0 radical (unpaired) electrons. The van der Waals surface area contributed by atoms with E-state index in [4.69, 9.17) is 27.6 Å². The van der Waals surface area contributed by atoms with Gasteiger partial charge in [0.05, 0.1) is 15.8 Å². The van der Waals surface area contributed by atoms with Gasteiger partial charge in [0.1, 0.15) is 4.88 Å². The predicted octanol–water partition coefficient (Wildman–Crippen LogP) is 5.50. The number of thiophene rings is 2. The Balaban J connectivity index is 1.51. The molecule has 126 valence electrons. The Morgan fingerprint density at radius 1 is 1.12 bits per heavy atom. The minimum Gasteiger partial charge on any atom is -0.407 e. The highest BCUT2D eigenvalue weighted by Gasteiger charge is 2.19. The molecular formula is C16H9Cl2N3O2S2. The maximum Gasteiger partial charge on any atom is 0.322 e. The van der Waals surface area contributed by atoms with Gasteiger partial charge in [0.25, 0.3) is 5.91 Å². The molecule has 0 atom stereocenters. The molecule has 3 heterocycles. The lowest BCUT2D eigenvalue weighted by atomic mass is 10.2. The van der Waals surface area contributed by atoms with E-state index in [-0.39, 0.29) is 11.9 Å². The van der Waals surface area contributed by atoms with Gasteiger partial charge in [-0.1, -0.05) is 46.5 Å². The molecule has 4 rings (SSSR count). The molecule has 1 aromatic carbocycles. The maximum atomic E-state index is 12.4. The number of nitrogens with one attached hydrogen (secondary N) is 1. The van der Waals surface area contributed by atoms with Gasteiger partial charge < -0.3 is 4.42 Å². The molecular weight excluding hydrogens is 401 g/mol. The Bertz CT molecular complexity index is 1070. The smallest absolute Gasteiger partial charge is 0.322 e. The molecule has 1 amide bonds. The van der Waals surface area contributed by atoms with E-state index in [0.717, 1.165) is 15.0 Å². The highest BCUT2D eigenvalue weighted by Crippen LogP contribution is 2.35. The predicted molar refractivity (Wildman–Crippen MR) is 101 cm³/mol. The summed E-state index contributed by atoms with van der Waals surface area (Å²) in [6.45, 7) is 0. The van der Waals surface area contributed by atoms with Crippen LogP contribution in [0.25, 0.3) is 10.1 Å². The summed E-state index contributed by atoms with van der Waals surface area (Å²) in [4.78, 5) is 13.9. The number of halogens is 2. The van der Waals surface area contributed by atoms with E-state index in [1.165, 1.54) is 22.7 Å². The maximum absolute atomic E-state index is 12.4. The van der Waals surface area contributed by atoms with Crippen molar-refractivity contribution in [1.82, 2.24) is 10.2 Å². The zero-order valence-corrected chi connectivity index (χ0v) is 15.6. The number of aromatic nitrogens is 2. The first kappa shape index (κ1) is 16.5. The van der Waals surface area contributed by atoms with Crippen LogP contribution in [0.5, 0.6) is 0 Å². The summed E-state index contributed by atoms with van der Waals surface area (Å²) in [5.74, 6) is 0.0248. The summed E-state index contributed by atoms with van der Waals surface area (Å²) < 4.78 is 7.11. The summed E-state index contributed by atoms with van der Waals surface area (Å²) in [5, 5.41) is 11.7. The third-order valence-corrected chi connectivity index (χ3v) is 6.29. The first-order valence-electron chi connectivity index (χ1n) is 7.15. The highest BCUT2D eigenvalue weighted by atomic mass is 35.5. The quantitative estimate of drug-likeness (QED) is 0.483. The molecule has 1 N–H and O–H groups in total. The first-order chi connectivity index (χ1) is 12.1. The second kappa shape index (κ2) is 6.76. The topological polar surface area (TPSA) is 68.0 Å². The number of amides is 1. The Hall–Kier alpha value is -1.93. The van der Waals surface area contributed by atoms with Crippen LogP contribution < -0.4 is 5.32 Å². The Morgan fingerprint density at radius 2 is 1.96 bits per heavy atom. The lowest BCUT2D eigenvalue weighted by Gasteiger charge is -1.97. The monoisotopic (exact) mass is 409 g/mol. The molecule has 0 saturated heterocycles. The van der Waals surface area contributed by atoms with Crippen LogP contribution >= 0.6 is 45.9 Å². The fraction of sp³-hybridized carbons (Fsp3) is 0.0625. The molecule has 25 heavy (non-hydrogen) atoms.